The number of aromatic nitrogens is 1. The molecule has 1 aliphatic rings. The van der Waals surface area contributed by atoms with E-state index in [-0.39, 0.29) is 25.7 Å². The molecule has 0 spiro atoms. The molecule has 4 aromatic rings. The van der Waals surface area contributed by atoms with Gasteiger partial charge in [-0.05, 0) is 72.1 Å². The van der Waals surface area contributed by atoms with Crippen LogP contribution in [0.4, 0.5) is 4.79 Å². The second-order valence-corrected chi connectivity index (χ2v) is 9.86. The summed E-state index contributed by atoms with van der Waals surface area (Å²) >= 11 is 12.3. The number of ether oxygens (including phenoxy) is 2. The average Bonchev–Trinajstić information content (AvgIpc) is 3.28. The number of carbonyl (C=O) groups excluding carboxylic acids is 1. The second-order valence-electron chi connectivity index (χ2n) is 8.99. The fraction of sp³-hybridized carbons (Fsp3) is 0.250. The first-order valence-electron chi connectivity index (χ1n) is 12.0. The Morgan fingerprint density at radius 1 is 0.973 bits per heavy atom. The zero-order chi connectivity index (χ0) is 25.9. The third-order valence-corrected chi connectivity index (χ3v) is 7.03. The van der Waals surface area contributed by atoms with Gasteiger partial charge >= 0.3 is 6.09 Å². The van der Waals surface area contributed by atoms with E-state index in [9.17, 15) is 15.0 Å². The highest BCUT2D eigenvalue weighted by Crippen LogP contribution is 2.40. The van der Waals surface area contributed by atoms with Crippen LogP contribution in [0.2, 0.25) is 10.0 Å². The molecule has 0 saturated heterocycles. The maximum Gasteiger partial charge on any atom is 0.416 e. The van der Waals surface area contributed by atoms with Crippen molar-refractivity contribution in [3.8, 4) is 11.5 Å². The molecule has 0 radical (unpaired) electrons. The predicted molar refractivity (Wildman–Crippen MR) is 143 cm³/mol. The quantitative estimate of drug-likeness (QED) is 0.283. The molecule has 9 heteroatoms. The Bertz CT molecular complexity index is 1380. The summed E-state index contributed by atoms with van der Waals surface area (Å²) in [7, 11) is 0. The van der Waals surface area contributed by atoms with Gasteiger partial charge in [-0.15, -0.1) is 0 Å². The Morgan fingerprint density at radius 2 is 1.65 bits per heavy atom. The van der Waals surface area contributed by atoms with Gasteiger partial charge in [-0.3, -0.25) is 4.90 Å². The van der Waals surface area contributed by atoms with Crippen molar-refractivity contribution in [3.63, 3.8) is 0 Å². The molecule has 192 valence electrons. The minimum Gasteiger partial charge on any atom is -0.493 e. The van der Waals surface area contributed by atoms with Gasteiger partial charge in [0.15, 0.2) is 0 Å². The van der Waals surface area contributed by atoms with Gasteiger partial charge in [-0.2, -0.15) is 0 Å². The number of benzene rings is 3. The molecule has 1 aromatic heterocycles. The van der Waals surface area contributed by atoms with Crippen LogP contribution in [0.3, 0.4) is 0 Å². The number of hydrogen-bond donors (Lipinski definition) is 3. The van der Waals surface area contributed by atoms with Crippen LogP contribution in [0.15, 0.2) is 66.7 Å². The number of aliphatic hydroxyl groups is 2. The molecule has 0 saturated carbocycles. The summed E-state index contributed by atoms with van der Waals surface area (Å²) in [4.78, 5) is 18.6. The van der Waals surface area contributed by atoms with E-state index in [4.69, 9.17) is 32.7 Å². The van der Waals surface area contributed by atoms with Gasteiger partial charge in [0.1, 0.15) is 17.5 Å². The molecule has 1 amide bonds. The van der Waals surface area contributed by atoms with Crippen molar-refractivity contribution in [3.05, 3.63) is 93.6 Å². The van der Waals surface area contributed by atoms with E-state index in [0.29, 0.717) is 34.5 Å². The van der Waals surface area contributed by atoms with Crippen LogP contribution in [0.25, 0.3) is 10.9 Å². The molecule has 3 N–H and O–H groups in total. The summed E-state index contributed by atoms with van der Waals surface area (Å²) in [6.45, 7) is 0.335. The highest BCUT2D eigenvalue weighted by atomic mass is 35.5. The number of amides is 1. The fourth-order valence-electron chi connectivity index (χ4n) is 4.59. The Hall–Kier alpha value is -3.23. The summed E-state index contributed by atoms with van der Waals surface area (Å²) in [6, 6.07) is 19.4. The number of rotatable bonds is 7. The second kappa shape index (κ2) is 11.0. The lowest BCUT2D eigenvalue weighted by molar-refractivity contribution is 0.106. The van der Waals surface area contributed by atoms with Crippen LogP contribution in [-0.4, -0.2) is 52.6 Å². The highest BCUT2D eigenvalue weighted by molar-refractivity contribution is 6.31. The van der Waals surface area contributed by atoms with E-state index in [1.807, 2.05) is 42.5 Å². The van der Waals surface area contributed by atoms with Gasteiger partial charge in [0.2, 0.25) is 0 Å². The van der Waals surface area contributed by atoms with Crippen molar-refractivity contribution in [2.45, 2.75) is 12.5 Å². The van der Waals surface area contributed by atoms with Gasteiger partial charge < -0.3 is 24.7 Å². The summed E-state index contributed by atoms with van der Waals surface area (Å²) in [5, 5.41) is 20.8. The first kappa shape index (κ1) is 25.4. The first-order valence-corrected chi connectivity index (χ1v) is 12.7. The number of fused-ring (bicyclic) bond motifs is 3. The molecule has 1 aliphatic heterocycles. The Kier molecular flexibility index (Phi) is 7.58. The third-order valence-electron chi connectivity index (χ3n) is 6.54. The van der Waals surface area contributed by atoms with Crippen molar-refractivity contribution >= 4 is 40.2 Å². The number of aromatic amines is 1. The van der Waals surface area contributed by atoms with E-state index < -0.39 is 12.1 Å². The largest absolute Gasteiger partial charge is 0.493 e. The molecule has 2 heterocycles. The molecule has 1 unspecified atom stereocenters. The van der Waals surface area contributed by atoms with Gasteiger partial charge in [-0.25, -0.2) is 4.79 Å². The number of nitrogens with one attached hydrogen (secondary N) is 1. The summed E-state index contributed by atoms with van der Waals surface area (Å²) in [6.07, 6.45) is 0.177. The lowest BCUT2D eigenvalue weighted by Gasteiger charge is -2.35. The van der Waals surface area contributed by atoms with Gasteiger partial charge in [0, 0.05) is 39.1 Å². The Morgan fingerprint density at radius 3 is 2.35 bits per heavy atom. The van der Waals surface area contributed by atoms with Crippen LogP contribution in [0, 0.1) is 5.92 Å². The smallest absolute Gasteiger partial charge is 0.416 e. The van der Waals surface area contributed by atoms with Gasteiger partial charge in [0.05, 0.1) is 19.8 Å². The number of carbonyl (C=O) groups is 1. The fourth-order valence-corrected chi connectivity index (χ4v) is 4.89. The number of aliphatic hydroxyl groups excluding tert-OH is 2. The molecular formula is C28H26Cl2N2O5. The molecule has 37 heavy (non-hydrogen) atoms. The lowest BCUT2D eigenvalue weighted by atomic mass is 9.92. The molecule has 0 bridgehead atoms. The van der Waals surface area contributed by atoms with Crippen molar-refractivity contribution < 1.29 is 24.5 Å². The monoisotopic (exact) mass is 540 g/mol. The van der Waals surface area contributed by atoms with E-state index in [1.165, 1.54) is 0 Å². The summed E-state index contributed by atoms with van der Waals surface area (Å²) in [5.41, 5.74) is 3.85. The maximum atomic E-state index is 13.4. The molecule has 0 fully saturated rings. The molecule has 5 rings (SSSR count). The SMILES string of the molecule is O=C(Oc1ccc(Cl)cc1)N1CCc2c([nH]c3ccc(Cl)cc23)C1c1ccc(OCC(CO)CO)cc1. The highest BCUT2D eigenvalue weighted by Gasteiger charge is 2.35. The Labute approximate surface area is 224 Å². The molecule has 1 atom stereocenters. The van der Waals surface area contributed by atoms with Gasteiger partial charge in [0.25, 0.3) is 0 Å². The lowest BCUT2D eigenvalue weighted by Crippen LogP contribution is -2.42. The number of hydrogen-bond acceptors (Lipinski definition) is 5. The number of halogens is 2. The van der Waals surface area contributed by atoms with Crippen molar-refractivity contribution in [1.29, 1.82) is 0 Å². The summed E-state index contributed by atoms with van der Waals surface area (Å²) in [5.74, 6) is 0.663. The topological polar surface area (TPSA) is 95.0 Å². The minimum atomic E-state index is -0.469. The molecule has 0 aliphatic carbocycles. The number of nitrogens with zero attached hydrogens (tertiary/aromatic N) is 1. The molecule has 7 nitrogen and oxygen atoms in total. The van der Waals surface area contributed by atoms with Crippen LogP contribution in [0.1, 0.15) is 22.9 Å². The van der Waals surface area contributed by atoms with Crippen LogP contribution in [0.5, 0.6) is 11.5 Å². The molecule has 3 aromatic carbocycles. The van der Waals surface area contributed by atoms with Crippen LogP contribution < -0.4 is 9.47 Å². The van der Waals surface area contributed by atoms with E-state index in [1.54, 1.807) is 29.2 Å². The standard InChI is InChI=1S/C28H26Cl2N2O5/c29-19-3-8-22(9-4-19)37-28(35)32-12-11-23-24-13-20(30)5-10-25(24)31-26(23)27(32)18-1-6-21(7-2-18)36-16-17(14-33)15-34/h1-10,13,17,27,31,33-34H,11-12,14-16H2. The van der Waals surface area contributed by atoms with Crippen molar-refractivity contribution in [2.24, 2.45) is 5.92 Å². The van der Waals surface area contributed by atoms with Crippen molar-refractivity contribution in [1.82, 2.24) is 9.88 Å². The first-order chi connectivity index (χ1) is 18.0. The van der Waals surface area contributed by atoms with E-state index in [0.717, 1.165) is 27.7 Å². The third kappa shape index (κ3) is 5.40. The van der Waals surface area contributed by atoms with Crippen LogP contribution >= 0.6 is 23.2 Å². The summed E-state index contributed by atoms with van der Waals surface area (Å²) < 4.78 is 11.4. The van der Waals surface area contributed by atoms with Crippen molar-refractivity contribution in [2.75, 3.05) is 26.4 Å². The van der Waals surface area contributed by atoms with Gasteiger partial charge in [-0.1, -0.05) is 35.3 Å². The average molecular weight is 541 g/mol. The normalized spacial score (nSPS) is 15.2. The number of H-pyrrole nitrogens is 1. The zero-order valence-corrected chi connectivity index (χ0v) is 21.4. The molecular weight excluding hydrogens is 515 g/mol. The predicted octanol–water partition coefficient (Wildman–Crippen LogP) is 5.60. The van der Waals surface area contributed by atoms with Crippen LogP contribution in [-0.2, 0) is 6.42 Å². The maximum absolute atomic E-state index is 13.4. The Balaban J connectivity index is 1.48. The van der Waals surface area contributed by atoms with E-state index >= 15 is 0 Å². The minimum absolute atomic E-state index is 0.158. The zero-order valence-electron chi connectivity index (χ0n) is 19.9. The van der Waals surface area contributed by atoms with E-state index in [2.05, 4.69) is 4.98 Å².